The molecule has 15 heavy (non-hydrogen) atoms. The molecule has 1 aromatic rings. The first-order valence-electron chi connectivity index (χ1n) is 5.43. The number of nitrogens with one attached hydrogen (secondary N) is 1. The smallest absolute Gasteiger partial charge is 0.0433 e. The predicted octanol–water partition coefficient (Wildman–Crippen LogP) is 2.98. The molecule has 1 aromatic carbocycles. The Morgan fingerprint density at radius 2 is 2.13 bits per heavy atom. The van der Waals surface area contributed by atoms with Gasteiger partial charge in [-0.25, -0.2) is 0 Å². The van der Waals surface area contributed by atoms with E-state index in [9.17, 15) is 0 Å². The van der Waals surface area contributed by atoms with Gasteiger partial charge in [-0.1, -0.05) is 30.7 Å². The molecule has 0 aliphatic heterocycles. The summed E-state index contributed by atoms with van der Waals surface area (Å²) in [7, 11) is 0. The SMILES string of the molecule is C#CCC(NCC)c1ccc(C)cc1C. The van der Waals surface area contributed by atoms with Crippen LogP contribution >= 0.6 is 0 Å². The molecule has 0 saturated carbocycles. The van der Waals surface area contributed by atoms with Gasteiger partial charge in [0, 0.05) is 12.5 Å². The number of hydrogen-bond acceptors (Lipinski definition) is 1. The van der Waals surface area contributed by atoms with Gasteiger partial charge in [-0.15, -0.1) is 12.3 Å². The van der Waals surface area contributed by atoms with Crippen molar-refractivity contribution in [1.82, 2.24) is 5.32 Å². The Balaban J connectivity index is 2.95. The first kappa shape index (κ1) is 11.8. The topological polar surface area (TPSA) is 12.0 Å². The van der Waals surface area contributed by atoms with E-state index in [0.717, 1.165) is 13.0 Å². The highest BCUT2D eigenvalue weighted by Crippen LogP contribution is 2.21. The molecule has 1 heteroatoms. The summed E-state index contributed by atoms with van der Waals surface area (Å²) in [5, 5.41) is 3.42. The molecule has 0 amide bonds. The fourth-order valence-corrected chi connectivity index (χ4v) is 1.87. The molecule has 0 bridgehead atoms. The van der Waals surface area contributed by atoms with Gasteiger partial charge in [-0.05, 0) is 31.5 Å². The molecule has 0 aromatic heterocycles. The van der Waals surface area contributed by atoms with Crippen LogP contribution < -0.4 is 5.32 Å². The Kier molecular flexibility index (Phi) is 4.39. The van der Waals surface area contributed by atoms with Crippen LogP contribution in [0.1, 0.15) is 36.1 Å². The Morgan fingerprint density at radius 1 is 1.40 bits per heavy atom. The maximum absolute atomic E-state index is 5.39. The average Bonchev–Trinajstić information content (AvgIpc) is 2.17. The molecule has 0 heterocycles. The maximum Gasteiger partial charge on any atom is 0.0433 e. The summed E-state index contributed by atoms with van der Waals surface area (Å²) < 4.78 is 0. The number of hydrogen-bond donors (Lipinski definition) is 1. The summed E-state index contributed by atoms with van der Waals surface area (Å²) in [6, 6.07) is 6.81. The molecule has 0 aliphatic carbocycles. The van der Waals surface area contributed by atoms with Crippen molar-refractivity contribution in [1.29, 1.82) is 0 Å². The number of benzene rings is 1. The normalized spacial score (nSPS) is 12.1. The summed E-state index contributed by atoms with van der Waals surface area (Å²) in [4.78, 5) is 0. The molecule has 1 N–H and O–H groups in total. The van der Waals surface area contributed by atoms with Gasteiger partial charge in [0.2, 0.25) is 0 Å². The van der Waals surface area contributed by atoms with Crippen molar-refractivity contribution >= 4 is 0 Å². The van der Waals surface area contributed by atoms with Gasteiger partial charge in [0.15, 0.2) is 0 Å². The van der Waals surface area contributed by atoms with Gasteiger partial charge in [-0.3, -0.25) is 0 Å². The highest BCUT2D eigenvalue weighted by Gasteiger charge is 2.10. The molecule has 1 unspecified atom stereocenters. The molecule has 0 spiro atoms. The highest BCUT2D eigenvalue weighted by molar-refractivity contribution is 5.33. The van der Waals surface area contributed by atoms with Gasteiger partial charge in [0.05, 0.1) is 0 Å². The number of aryl methyl sites for hydroxylation is 2. The monoisotopic (exact) mass is 201 g/mol. The Morgan fingerprint density at radius 3 is 2.67 bits per heavy atom. The maximum atomic E-state index is 5.39. The molecule has 1 atom stereocenters. The Hall–Kier alpha value is -1.26. The van der Waals surface area contributed by atoms with Gasteiger partial charge < -0.3 is 5.32 Å². The quantitative estimate of drug-likeness (QED) is 0.738. The lowest BCUT2D eigenvalue weighted by Crippen LogP contribution is -2.21. The fraction of sp³-hybridized carbons (Fsp3) is 0.429. The second kappa shape index (κ2) is 5.58. The lowest BCUT2D eigenvalue weighted by atomic mass is 9.97. The predicted molar refractivity (Wildman–Crippen MR) is 65.8 cm³/mol. The lowest BCUT2D eigenvalue weighted by molar-refractivity contribution is 0.562. The zero-order valence-electron chi connectivity index (χ0n) is 9.80. The van der Waals surface area contributed by atoms with E-state index in [1.54, 1.807) is 0 Å². The minimum atomic E-state index is 0.292. The van der Waals surface area contributed by atoms with E-state index in [-0.39, 0.29) is 0 Å². The van der Waals surface area contributed by atoms with E-state index in [4.69, 9.17) is 6.42 Å². The molecule has 0 radical (unpaired) electrons. The Labute approximate surface area is 92.9 Å². The van der Waals surface area contributed by atoms with Crippen molar-refractivity contribution in [3.63, 3.8) is 0 Å². The van der Waals surface area contributed by atoms with E-state index in [0.29, 0.717) is 6.04 Å². The van der Waals surface area contributed by atoms with Crippen LogP contribution in [0.2, 0.25) is 0 Å². The first-order chi connectivity index (χ1) is 7.19. The fourth-order valence-electron chi connectivity index (χ4n) is 1.87. The first-order valence-corrected chi connectivity index (χ1v) is 5.43. The van der Waals surface area contributed by atoms with Gasteiger partial charge >= 0.3 is 0 Å². The van der Waals surface area contributed by atoms with Crippen LogP contribution in [0.25, 0.3) is 0 Å². The standard InChI is InChI=1S/C14H19N/c1-5-7-14(15-6-2)13-9-8-11(3)10-12(13)4/h1,8-10,14-15H,6-7H2,2-4H3. The van der Waals surface area contributed by atoms with Crippen LogP contribution in [0, 0.1) is 26.2 Å². The van der Waals surface area contributed by atoms with Crippen LogP contribution in [0.3, 0.4) is 0 Å². The van der Waals surface area contributed by atoms with Crippen molar-refractivity contribution in [2.24, 2.45) is 0 Å². The third kappa shape index (κ3) is 3.11. The van der Waals surface area contributed by atoms with Crippen LogP contribution in [-0.2, 0) is 0 Å². The van der Waals surface area contributed by atoms with Crippen LogP contribution in [0.15, 0.2) is 18.2 Å². The van der Waals surface area contributed by atoms with Gasteiger partial charge in [-0.2, -0.15) is 0 Å². The van der Waals surface area contributed by atoms with E-state index in [2.05, 4.69) is 50.2 Å². The summed E-state index contributed by atoms with van der Waals surface area (Å²) in [5.41, 5.74) is 3.93. The highest BCUT2D eigenvalue weighted by atomic mass is 14.9. The minimum absolute atomic E-state index is 0.292. The second-order valence-corrected chi connectivity index (χ2v) is 3.88. The zero-order valence-corrected chi connectivity index (χ0v) is 9.80. The molecule has 80 valence electrons. The summed E-state index contributed by atoms with van der Waals surface area (Å²) in [6.07, 6.45) is 6.13. The molecule has 1 nitrogen and oxygen atoms in total. The third-order valence-corrected chi connectivity index (χ3v) is 2.57. The van der Waals surface area contributed by atoms with Crippen LogP contribution in [0.4, 0.5) is 0 Å². The number of terminal acetylenes is 1. The summed E-state index contributed by atoms with van der Waals surface area (Å²) in [6.45, 7) is 7.30. The van der Waals surface area contributed by atoms with Gasteiger partial charge in [0.25, 0.3) is 0 Å². The van der Waals surface area contributed by atoms with Crippen molar-refractivity contribution in [2.75, 3.05) is 6.54 Å². The molecule has 1 rings (SSSR count). The third-order valence-electron chi connectivity index (χ3n) is 2.57. The zero-order chi connectivity index (χ0) is 11.3. The molecule has 0 aliphatic rings. The van der Waals surface area contributed by atoms with Crippen molar-refractivity contribution in [3.05, 3.63) is 34.9 Å². The average molecular weight is 201 g/mol. The van der Waals surface area contributed by atoms with E-state index >= 15 is 0 Å². The molecule has 0 fully saturated rings. The van der Waals surface area contributed by atoms with Crippen LogP contribution in [-0.4, -0.2) is 6.54 Å². The van der Waals surface area contributed by atoms with E-state index in [1.165, 1.54) is 16.7 Å². The van der Waals surface area contributed by atoms with Crippen molar-refractivity contribution in [3.8, 4) is 12.3 Å². The van der Waals surface area contributed by atoms with Crippen molar-refractivity contribution in [2.45, 2.75) is 33.2 Å². The van der Waals surface area contributed by atoms with Crippen LogP contribution in [0.5, 0.6) is 0 Å². The number of rotatable bonds is 4. The lowest BCUT2D eigenvalue weighted by Gasteiger charge is -2.18. The summed E-state index contributed by atoms with van der Waals surface area (Å²) in [5.74, 6) is 2.73. The largest absolute Gasteiger partial charge is 0.309 e. The molecule has 0 saturated heterocycles. The molecular formula is C14H19N. The van der Waals surface area contributed by atoms with E-state index in [1.807, 2.05) is 0 Å². The summed E-state index contributed by atoms with van der Waals surface area (Å²) >= 11 is 0. The molecular weight excluding hydrogens is 182 g/mol. The van der Waals surface area contributed by atoms with Crippen molar-refractivity contribution < 1.29 is 0 Å². The minimum Gasteiger partial charge on any atom is -0.309 e. The Bertz CT molecular complexity index is 360. The van der Waals surface area contributed by atoms with Gasteiger partial charge in [0.1, 0.15) is 0 Å². The van der Waals surface area contributed by atoms with E-state index < -0.39 is 0 Å². The second-order valence-electron chi connectivity index (χ2n) is 3.88.